The molecule has 0 spiro atoms. The third kappa shape index (κ3) is 3.26. The number of hydrogen-bond acceptors (Lipinski definition) is 4. The number of nitrogens with one attached hydrogen (secondary N) is 1. The van der Waals surface area contributed by atoms with Crippen LogP contribution in [0.2, 0.25) is 0 Å². The van der Waals surface area contributed by atoms with Crippen molar-refractivity contribution in [1.82, 2.24) is 14.8 Å². The van der Waals surface area contributed by atoms with Crippen LogP contribution in [0.5, 0.6) is 0 Å². The molecule has 0 aliphatic carbocycles. The zero-order valence-electron chi connectivity index (χ0n) is 15.7. The maximum Gasteiger partial charge on any atom is 0.259 e. The fourth-order valence-electron chi connectivity index (χ4n) is 3.20. The molecule has 4 rings (SSSR count). The topological polar surface area (TPSA) is 73.0 Å². The molecule has 0 saturated heterocycles. The van der Waals surface area contributed by atoms with Gasteiger partial charge in [0.25, 0.3) is 5.91 Å². The van der Waals surface area contributed by atoms with E-state index in [4.69, 9.17) is 4.42 Å². The summed E-state index contributed by atoms with van der Waals surface area (Å²) in [5.74, 6) is 0.0187. The molecule has 4 aromatic rings. The number of anilines is 1. The van der Waals surface area contributed by atoms with Gasteiger partial charge in [-0.3, -0.25) is 4.79 Å². The number of hydrogen-bond donors (Lipinski definition) is 1. The molecule has 0 bridgehead atoms. The summed E-state index contributed by atoms with van der Waals surface area (Å²) >= 11 is 0. The highest BCUT2D eigenvalue weighted by Gasteiger charge is 2.21. The van der Waals surface area contributed by atoms with Crippen LogP contribution in [-0.4, -0.2) is 20.7 Å². The molecule has 142 valence electrons. The lowest BCUT2D eigenvalue weighted by atomic mass is 10.0. The quantitative estimate of drug-likeness (QED) is 0.552. The van der Waals surface area contributed by atoms with Gasteiger partial charge in [-0.15, -0.1) is 0 Å². The van der Waals surface area contributed by atoms with Crippen molar-refractivity contribution < 1.29 is 13.6 Å². The number of rotatable bonds is 4. The van der Waals surface area contributed by atoms with Crippen LogP contribution < -0.4 is 5.32 Å². The number of carbonyl (C=O) groups is 1. The number of fused-ring (bicyclic) bond motifs is 1. The van der Waals surface area contributed by atoms with Gasteiger partial charge in [-0.2, -0.15) is 5.10 Å². The standard InChI is InChI=1S/C21H19FN4O2/c1-12(2)20-17(11-23-26(20)16-7-4-14(22)5-8-16)21(27)25-15-6-9-19-18(10-15)24-13(3)28-19/h4-12H,1-3H3,(H,25,27). The van der Waals surface area contributed by atoms with E-state index >= 15 is 0 Å². The van der Waals surface area contributed by atoms with E-state index in [9.17, 15) is 9.18 Å². The lowest BCUT2D eigenvalue weighted by Crippen LogP contribution is -2.15. The molecular weight excluding hydrogens is 359 g/mol. The highest BCUT2D eigenvalue weighted by atomic mass is 19.1. The Kier molecular flexibility index (Phi) is 4.43. The van der Waals surface area contributed by atoms with E-state index in [2.05, 4.69) is 15.4 Å². The molecule has 0 aliphatic rings. The van der Waals surface area contributed by atoms with Crippen LogP contribution >= 0.6 is 0 Å². The van der Waals surface area contributed by atoms with E-state index < -0.39 is 0 Å². The Balaban J connectivity index is 1.67. The second-order valence-electron chi connectivity index (χ2n) is 6.86. The molecular formula is C21H19FN4O2. The van der Waals surface area contributed by atoms with Gasteiger partial charge in [0.2, 0.25) is 0 Å². The molecule has 6 nitrogen and oxygen atoms in total. The van der Waals surface area contributed by atoms with Crippen molar-refractivity contribution in [2.24, 2.45) is 0 Å². The van der Waals surface area contributed by atoms with Crippen LogP contribution in [0.15, 0.2) is 53.1 Å². The Labute approximate surface area is 161 Å². The van der Waals surface area contributed by atoms with Crippen molar-refractivity contribution in [1.29, 1.82) is 0 Å². The highest BCUT2D eigenvalue weighted by Crippen LogP contribution is 2.25. The summed E-state index contributed by atoms with van der Waals surface area (Å²) in [6, 6.07) is 11.3. The number of benzene rings is 2. The maximum atomic E-state index is 13.2. The van der Waals surface area contributed by atoms with Gasteiger partial charge in [0.05, 0.1) is 23.1 Å². The Hall–Kier alpha value is -3.48. The molecule has 1 N–H and O–H groups in total. The molecule has 2 aromatic heterocycles. The Bertz CT molecular complexity index is 1160. The molecule has 2 heterocycles. The van der Waals surface area contributed by atoms with Crippen LogP contribution in [0.1, 0.15) is 41.7 Å². The highest BCUT2D eigenvalue weighted by molar-refractivity contribution is 6.05. The lowest BCUT2D eigenvalue weighted by molar-refractivity contribution is 0.102. The van der Waals surface area contributed by atoms with Gasteiger partial charge in [-0.25, -0.2) is 14.1 Å². The number of amides is 1. The molecule has 0 atom stereocenters. The number of carbonyl (C=O) groups excluding carboxylic acids is 1. The average Bonchev–Trinajstić information content (AvgIpc) is 3.25. The first-order valence-corrected chi connectivity index (χ1v) is 8.95. The largest absolute Gasteiger partial charge is 0.441 e. The van der Waals surface area contributed by atoms with Gasteiger partial charge < -0.3 is 9.73 Å². The fraction of sp³-hybridized carbons (Fsp3) is 0.190. The minimum absolute atomic E-state index is 0.0361. The zero-order valence-corrected chi connectivity index (χ0v) is 15.7. The summed E-state index contributed by atoms with van der Waals surface area (Å²) in [6.07, 6.45) is 1.53. The van der Waals surface area contributed by atoms with Gasteiger partial charge in [0, 0.05) is 12.6 Å². The van der Waals surface area contributed by atoms with E-state index in [1.54, 1.807) is 41.9 Å². The molecule has 28 heavy (non-hydrogen) atoms. The van der Waals surface area contributed by atoms with E-state index in [1.807, 2.05) is 13.8 Å². The fourth-order valence-corrected chi connectivity index (χ4v) is 3.20. The van der Waals surface area contributed by atoms with E-state index in [0.717, 1.165) is 5.69 Å². The SMILES string of the molecule is Cc1nc2cc(NC(=O)c3cnn(-c4ccc(F)cc4)c3C(C)C)ccc2o1. The van der Waals surface area contributed by atoms with Crippen molar-refractivity contribution in [3.8, 4) is 5.69 Å². The van der Waals surface area contributed by atoms with Crippen LogP contribution in [0.4, 0.5) is 10.1 Å². The first kappa shape index (κ1) is 17.9. The second kappa shape index (κ2) is 6.92. The summed E-state index contributed by atoms with van der Waals surface area (Å²) in [4.78, 5) is 17.2. The first-order chi connectivity index (χ1) is 13.4. The van der Waals surface area contributed by atoms with E-state index in [0.29, 0.717) is 33.9 Å². The summed E-state index contributed by atoms with van der Waals surface area (Å²) in [5, 5.41) is 7.25. The van der Waals surface area contributed by atoms with E-state index in [1.165, 1.54) is 18.3 Å². The van der Waals surface area contributed by atoms with Gasteiger partial charge in [-0.1, -0.05) is 13.8 Å². The number of aryl methyl sites for hydroxylation is 1. The van der Waals surface area contributed by atoms with Crippen LogP contribution in [0.25, 0.3) is 16.8 Å². The maximum absolute atomic E-state index is 13.2. The minimum atomic E-state index is -0.321. The van der Waals surface area contributed by atoms with Crippen LogP contribution in [0, 0.1) is 12.7 Å². The van der Waals surface area contributed by atoms with Crippen molar-refractivity contribution in [3.63, 3.8) is 0 Å². The predicted molar refractivity (Wildman–Crippen MR) is 104 cm³/mol. The Morgan fingerprint density at radius 2 is 1.93 bits per heavy atom. The molecule has 7 heteroatoms. The Morgan fingerprint density at radius 1 is 1.18 bits per heavy atom. The number of halogens is 1. The van der Waals surface area contributed by atoms with Gasteiger partial charge in [0.15, 0.2) is 11.5 Å². The van der Waals surface area contributed by atoms with Crippen molar-refractivity contribution >= 4 is 22.7 Å². The number of oxazole rings is 1. The zero-order chi connectivity index (χ0) is 19.8. The number of nitrogens with zero attached hydrogens (tertiary/aromatic N) is 3. The third-order valence-electron chi connectivity index (χ3n) is 4.42. The first-order valence-electron chi connectivity index (χ1n) is 8.95. The number of aromatic nitrogens is 3. The lowest BCUT2D eigenvalue weighted by Gasteiger charge is -2.13. The van der Waals surface area contributed by atoms with Crippen molar-refractivity contribution in [2.75, 3.05) is 5.32 Å². The smallest absolute Gasteiger partial charge is 0.259 e. The summed E-state index contributed by atoms with van der Waals surface area (Å²) < 4.78 is 20.4. The molecule has 0 unspecified atom stereocenters. The van der Waals surface area contributed by atoms with Gasteiger partial charge >= 0.3 is 0 Å². The van der Waals surface area contributed by atoms with Gasteiger partial charge in [0.1, 0.15) is 11.3 Å². The molecule has 0 aliphatic heterocycles. The monoisotopic (exact) mass is 378 g/mol. The van der Waals surface area contributed by atoms with Crippen molar-refractivity contribution in [3.05, 3.63) is 71.6 Å². The van der Waals surface area contributed by atoms with Crippen LogP contribution in [-0.2, 0) is 0 Å². The average molecular weight is 378 g/mol. The predicted octanol–water partition coefficient (Wildman–Crippen LogP) is 4.84. The molecule has 1 amide bonds. The van der Waals surface area contributed by atoms with E-state index in [-0.39, 0.29) is 17.6 Å². The van der Waals surface area contributed by atoms with Crippen LogP contribution in [0.3, 0.4) is 0 Å². The second-order valence-corrected chi connectivity index (χ2v) is 6.86. The normalized spacial score (nSPS) is 11.3. The summed E-state index contributed by atoms with van der Waals surface area (Å²) in [6.45, 7) is 5.74. The molecule has 0 saturated carbocycles. The Morgan fingerprint density at radius 3 is 2.64 bits per heavy atom. The summed E-state index contributed by atoms with van der Waals surface area (Å²) in [7, 11) is 0. The summed E-state index contributed by atoms with van der Waals surface area (Å²) in [5.41, 5.74) is 3.89. The van der Waals surface area contributed by atoms with Crippen molar-refractivity contribution in [2.45, 2.75) is 26.7 Å². The minimum Gasteiger partial charge on any atom is -0.441 e. The molecule has 0 fully saturated rings. The molecule has 2 aromatic carbocycles. The third-order valence-corrected chi connectivity index (χ3v) is 4.42. The molecule has 0 radical (unpaired) electrons. The van der Waals surface area contributed by atoms with Gasteiger partial charge in [-0.05, 0) is 48.4 Å².